The molecule has 0 spiro atoms. The summed E-state index contributed by atoms with van der Waals surface area (Å²) in [5, 5.41) is 8.68. The molecular weight excluding hydrogens is 219 g/mol. The quantitative estimate of drug-likeness (QED) is 0.804. The van der Waals surface area contributed by atoms with Crippen molar-refractivity contribution < 1.29 is 14.3 Å². The summed E-state index contributed by atoms with van der Waals surface area (Å²) in [5.74, 6) is -1.49. The smallest absolute Gasteiger partial charge is 0.338 e. The summed E-state index contributed by atoms with van der Waals surface area (Å²) in [5.41, 5.74) is 0.335. The van der Waals surface area contributed by atoms with Gasteiger partial charge in [-0.1, -0.05) is 18.2 Å². The molecule has 0 saturated heterocycles. The van der Waals surface area contributed by atoms with Crippen LogP contribution in [0.2, 0.25) is 0 Å². The maximum atomic E-state index is 13.0. The van der Waals surface area contributed by atoms with E-state index in [0.29, 0.717) is 17.9 Å². The molecular formula is C11H10ClFO2. The molecule has 0 bridgehead atoms. The predicted octanol–water partition coefficient (Wildman–Crippen LogP) is 3.17. The molecule has 0 radical (unpaired) electrons. The highest BCUT2D eigenvalue weighted by Gasteiger charge is 2.09. The second kappa shape index (κ2) is 5.51. The van der Waals surface area contributed by atoms with Gasteiger partial charge >= 0.3 is 5.97 Å². The molecule has 4 heteroatoms. The van der Waals surface area contributed by atoms with Crippen LogP contribution in [0.15, 0.2) is 24.3 Å². The highest BCUT2D eigenvalue weighted by atomic mass is 35.5. The number of aromatic carboxylic acids is 1. The number of hydrogen-bond acceptors (Lipinski definition) is 1. The summed E-state index contributed by atoms with van der Waals surface area (Å²) in [6, 6.07) is 3.96. The van der Waals surface area contributed by atoms with E-state index in [1.807, 2.05) is 6.08 Å². The molecule has 0 aromatic heterocycles. The van der Waals surface area contributed by atoms with Crippen molar-refractivity contribution in [3.63, 3.8) is 0 Å². The van der Waals surface area contributed by atoms with Crippen molar-refractivity contribution in [2.24, 2.45) is 0 Å². The molecule has 1 N–H and O–H groups in total. The number of benzene rings is 1. The normalized spacial score (nSPS) is 10.8. The molecule has 1 aromatic rings. The number of rotatable bonds is 4. The van der Waals surface area contributed by atoms with Gasteiger partial charge in [-0.25, -0.2) is 9.18 Å². The first-order valence-electron chi connectivity index (χ1n) is 4.40. The zero-order valence-corrected chi connectivity index (χ0v) is 8.67. The molecule has 2 nitrogen and oxygen atoms in total. The minimum atomic E-state index is -1.26. The van der Waals surface area contributed by atoms with Gasteiger partial charge in [-0.15, -0.1) is 11.6 Å². The summed E-state index contributed by atoms with van der Waals surface area (Å²) < 4.78 is 13.0. The van der Waals surface area contributed by atoms with Gasteiger partial charge < -0.3 is 5.11 Å². The van der Waals surface area contributed by atoms with E-state index >= 15 is 0 Å². The zero-order valence-electron chi connectivity index (χ0n) is 7.91. The molecule has 0 unspecified atom stereocenters. The minimum absolute atomic E-state index is 0.317. The number of hydrogen-bond donors (Lipinski definition) is 1. The number of halogens is 2. The summed E-state index contributed by atoms with van der Waals surface area (Å²) in [4.78, 5) is 10.6. The molecule has 0 aliphatic rings. The maximum absolute atomic E-state index is 13.0. The van der Waals surface area contributed by atoms with Crippen LogP contribution in [0.1, 0.15) is 22.3 Å². The summed E-state index contributed by atoms with van der Waals surface area (Å²) in [7, 11) is 0. The Morgan fingerprint density at radius 2 is 2.27 bits per heavy atom. The average molecular weight is 229 g/mol. The monoisotopic (exact) mass is 228 g/mol. The average Bonchev–Trinajstić information content (AvgIpc) is 2.20. The van der Waals surface area contributed by atoms with Gasteiger partial charge in [0.25, 0.3) is 0 Å². The fourth-order valence-corrected chi connectivity index (χ4v) is 1.22. The summed E-state index contributed by atoms with van der Waals surface area (Å²) in [6.07, 6.45) is 4.22. The SMILES string of the molecule is O=C(O)c1cc(C=CCCCl)ccc1F. The first kappa shape index (κ1) is 11.7. The first-order valence-corrected chi connectivity index (χ1v) is 4.94. The van der Waals surface area contributed by atoms with Crippen molar-refractivity contribution in [3.05, 3.63) is 41.2 Å². The molecule has 0 saturated carbocycles. The van der Waals surface area contributed by atoms with Gasteiger partial charge in [0.2, 0.25) is 0 Å². The summed E-state index contributed by atoms with van der Waals surface area (Å²) >= 11 is 5.47. The third-order valence-corrected chi connectivity index (χ3v) is 2.03. The highest BCUT2D eigenvalue weighted by Crippen LogP contribution is 2.12. The second-order valence-corrected chi connectivity index (χ2v) is 3.30. The third kappa shape index (κ3) is 3.36. The first-order chi connectivity index (χ1) is 7.15. The van der Waals surface area contributed by atoms with Crippen LogP contribution in [0, 0.1) is 5.82 Å². The van der Waals surface area contributed by atoms with Crippen molar-refractivity contribution in [1.82, 2.24) is 0 Å². The fourth-order valence-electron chi connectivity index (χ4n) is 1.09. The Morgan fingerprint density at radius 3 is 2.87 bits per heavy atom. The van der Waals surface area contributed by atoms with Gasteiger partial charge in [0.15, 0.2) is 0 Å². The van der Waals surface area contributed by atoms with Crippen molar-refractivity contribution in [3.8, 4) is 0 Å². The molecule has 15 heavy (non-hydrogen) atoms. The van der Waals surface area contributed by atoms with Crippen LogP contribution < -0.4 is 0 Å². The Morgan fingerprint density at radius 1 is 1.53 bits per heavy atom. The molecule has 0 heterocycles. The molecule has 1 aromatic carbocycles. The van der Waals surface area contributed by atoms with E-state index in [0.717, 1.165) is 6.07 Å². The van der Waals surface area contributed by atoms with Crippen molar-refractivity contribution >= 4 is 23.6 Å². The van der Waals surface area contributed by atoms with Crippen LogP contribution in [-0.4, -0.2) is 17.0 Å². The fraction of sp³-hybridized carbons (Fsp3) is 0.182. The van der Waals surface area contributed by atoms with E-state index in [1.165, 1.54) is 12.1 Å². The number of allylic oxidation sites excluding steroid dienone is 1. The number of alkyl halides is 1. The molecule has 0 aliphatic carbocycles. The van der Waals surface area contributed by atoms with E-state index in [-0.39, 0.29) is 5.56 Å². The van der Waals surface area contributed by atoms with Crippen molar-refractivity contribution in [1.29, 1.82) is 0 Å². The molecule has 0 amide bonds. The lowest BCUT2D eigenvalue weighted by Gasteiger charge is -1.99. The standard InChI is InChI=1S/C11H10ClFO2/c12-6-2-1-3-8-4-5-10(13)9(7-8)11(14)15/h1,3-5,7H,2,6H2,(H,14,15). The van der Waals surface area contributed by atoms with E-state index in [2.05, 4.69) is 0 Å². The Labute approximate surface area is 92.0 Å². The number of carboxylic acids is 1. The van der Waals surface area contributed by atoms with Crippen molar-refractivity contribution in [2.75, 3.05) is 5.88 Å². The third-order valence-electron chi connectivity index (χ3n) is 1.81. The molecule has 0 atom stereocenters. The number of carbonyl (C=O) groups is 1. The largest absolute Gasteiger partial charge is 0.478 e. The van der Waals surface area contributed by atoms with Crippen LogP contribution in [0.3, 0.4) is 0 Å². The molecule has 80 valence electrons. The van der Waals surface area contributed by atoms with Crippen LogP contribution in [0.5, 0.6) is 0 Å². The van der Waals surface area contributed by atoms with Gasteiger partial charge in [-0.3, -0.25) is 0 Å². The van der Waals surface area contributed by atoms with Gasteiger partial charge in [-0.05, 0) is 24.1 Å². The lowest BCUT2D eigenvalue weighted by atomic mass is 10.1. The van der Waals surface area contributed by atoms with E-state index in [1.54, 1.807) is 6.08 Å². The summed E-state index contributed by atoms with van der Waals surface area (Å²) in [6.45, 7) is 0. The Balaban J connectivity index is 2.92. The van der Waals surface area contributed by atoms with Gasteiger partial charge in [0, 0.05) is 5.88 Å². The predicted molar refractivity (Wildman–Crippen MR) is 57.7 cm³/mol. The molecule has 1 rings (SSSR count). The highest BCUT2D eigenvalue weighted by molar-refractivity contribution is 6.17. The Kier molecular flexibility index (Phi) is 4.31. The maximum Gasteiger partial charge on any atom is 0.338 e. The topological polar surface area (TPSA) is 37.3 Å². The van der Waals surface area contributed by atoms with Crippen LogP contribution in [0.25, 0.3) is 6.08 Å². The van der Waals surface area contributed by atoms with Gasteiger partial charge in [0.05, 0.1) is 5.56 Å². The molecule has 0 aliphatic heterocycles. The lowest BCUT2D eigenvalue weighted by Crippen LogP contribution is -2.00. The van der Waals surface area contributed by atoms with E-state index in [4.69, 9.17) is 16.7 Å². The molecule has 0 fully saturated rings. The van der Waals surface area contributed by atoms with Gasteiger partial charge in [-0.2, -0.15) is 0 Å². The zero-order chi connectivity index (χ0) is 11.3. The van der Waals surface area contributed by atoms with Crippen LogP contribution >= 0.6 is 11.6 Å². The van der Waals surface area contributed by atoms with Crippen LogP contribution in [-0.2, 0) is 0 Å². The Bertz CT molecular complexity index is 388. The van der Waals surface area contributed by atoms with E-state index < -0.39 is 11.8 Å². The van der Waals surface area contributed by atoms with Gasteiger partial charge in [0.1, 0.15) is 5.82 Å². The van der Waals surface area contributed by atoms with Crippen LogP contribution in [0.4, 0.5) is 4.39 Å². The van der Waals surface area contributed by atoms with Crippen molar-refractivity contribution in [2.45, 2.75) is 6.42 Å². The minimum Gasteiger partial charge on any atom is -0.478 e. The Hall–Kier alpha value is -1.35. The number of carboxylic acid groups (broad SMARTS) is 1. The second-order valence-electron chi connectivity index (χ2n) is 2.92. The lowest BCUT2D eigenvalue weighted by molar-refractivity contribution is 0.0692. The van der Waals surface area contributed by atoms with E-state index in [9.17, 15) is 9.18 Å².